The molecule has 1 amide bonds. The lowest BCUT2D eigenvalue weighted by molar-refractivity contribution is -0.125. The molecular weight excluding hydrogens is 420 g/mol. The molecule has 2 unspecified atom stereocenters. The molecule has 2 atom stereocenters. The number of piperidine rings is 1. The first-order valence-corrected chi connectivity index (χ1v) is 12.2. The fraction of sp³-hybridized carbons (Fsp3) is 0.625. The maximum atomic E-state index is 13.2. The van der Waals surface area contributed by atoms with Crippen molar-refractivity contribution in [3.63, 3.8) is 0 Å². The van der Waals surface area contributed by atoms with E-state index in [1.54, 1.807) is 6.07 Å². The van der Waals surface area contributed by atoms with E-state index in [2.05, 4.69) is 44.8 Å². The van der Waals surface area contributed by atoms with Crippen LogP contribution in [0.5, 0.6) is 5.88 Å². The molecule has 0 radical (unpaired) electrons. The largest absolute Gasteiger partial charge is 0.477 e. The van der Waals surface area contributed by atoms with Crippen molar-refractivity contribution in [2.75, 3.05) is 26.2 Å². The van der Waals surface area contributed by atoms with Gasteiger partial charge in [0.2, 0.25) is 11.8 Å². The van der Waals surface area contributed by atoms with E-state index in [9.17, 15) is 9.59 Å². The van der Waals surface area contributed by atoms with E-state index in [1.807, 2.05) is 6.92 Å². The number of aromatic nitrogens is 1. The van der Waals surface area contributed by atoms with Gasteiger partial charge in [-0.15, -0.1) is 0 Å². The van der Waals surface area contributed by atoms with Crippen LogP contribution < -0.4 is 20.8 Å². The molecule has 1 aromatic rings. The molecule has 0 spiro atoms. The highest BCUT2D eigenvalue weighted by atomic mass is 16.5. The number of carbonyl (C=O) groups excluding carboxylic acids is 2. The van der Waals surface area contributed by atoms with Crippen LogP contribution in [0.4, 0.5) is 0 Å². The van der Waals surface area contributed by atoms with Crippen LogP contribution in [-0.4, -0.2) is 64.9 Å². The van der Waals surface area contributed by atoms with Gasteiger partial charge in [0, 0.05) is 30.9 Å². The van der Waals surface area contributed by atoms with Crippen molar-refractivity contribution in [3.05, 3.63) is 34.8 Å². The predicted molar refractivity (Wildman–Crippen MR) is 125 cm³/mol. The molecule has 4 heterocycles. The minimum Gasteiger partial charge on any atom is -0.477 e. The zero-order chi connectivity index (χ0) is 23.5. The van der Waals surface area contributed by atoms with E-state index in [-0.39, 0.29) is 11.7 Å². The van der Waals surface area contributed by atoms with Crippen LogP contribution in [0.15, 0.2) is 23.7 Å². The molecule has 0 bridgehead atoms. The molecule has 9 heteroatoms. The molecule has 9 nitrogen and oxygen atoms in total. The zero-order valence-corrected chi connectivity index (χ0v) is 20.1. The Balaban J connectivity index is 1.62. The summed E-state index contributed by atoms with van der Waals surface area (Å²) in [4.78, 5) is 32.0. The number of rotatable bonds is 8. The smallest absolute Gasteiger partial charge is 0.246 e. The van der Waals surface area contributed by atoms with Gasteiger partial charge in [-0.1, -0.05) is 20.8 Å². The second-order valence-corrected chi connectivity index (χ2v) is 8.92. The monoisotopic (exact) mass is 456 g/mol. The number of hydrogen-bond acceptors (Lipinski definition) is 8. The van der Waals surface area contributed by atoms with E-state index >= 15 is 0 Å². The summed E-state index contributed by atoms with van der Waals surface area (Å²) in [6, 6.07) is 1.69. The third-order valence-corrected chi connectivity index (χ3v) is 6.75. The number of nitrogens with one attached hydrogen (secondary N) is 3. The fourth-order valence-corrected chi connectivity index (χ4v) is 4.88. The number of Topliss-reactive ketones (excluding diaryl/α,β-unsaturated/α-hetero) is 1. The average molecular weight is 457 g/mol. The summed E-state index contributed by atoms with van der Waals surface area (Å²) in [5, 5.41) is 8.82. The maximum Gasteiger partial charge on any atom is 0.246 e. The quantitative estimate of drug-likeness (QED) is 0.512. The van der Waals surface area contributed by atoms with Crippen molar-refractivity contribution in [2.45, 2.75) is 71.6 Å². The summed E-state index contributed by atoms with van der Waals surface area (Å²) in [5.74, 6) is 0.265. The molecule has 180 valence electrons. The van der Waals surface area contributed by atoms with Crippen LogP contribution >= 0.6 is 0 Å². The van der Waals surface area contributed by atoms with Crippen molar-refractivity contribution in [2.24, 2.45) is 0 Å². The number of allylic oxidation sites excluding steroid dienone is 1. The van der Waals surface area contributed by atoms with Crippen LogP contribution in [-0.2, 0) is 4.79 Å². The van der Waals surface area contributed by atoms with Crippen LogP contribution in [0, 0.1) is 0 Å². The first-order valence-electron chi connectivity index (χ1n) is 12.2. The molecule has 4 rings (SSSR count). The Kier molecular flexibility index (Phi) is 7.19. The summed E-state index contributed by atoms with van der Waals surface area (Å²) in [6.07, 6.45) is 4.79. The third-order valence-electron chi connectivity index (χ3n) is 6.75. The molecular formula is C24H36N6O3. The number of hydrogen-bond donors (Lipinski definition) is 3. The molecule has 2 saturated heterocycles. The molecule has 2 fully saturated rings. The molecule has 0 saturated carbocycles. The summed E-state index contributed by atoms with van der Waals surface area (Å²) in [7, 11) is 0. The van der Waals surface area contributed by atoms with Crippen molar-refractivity contribution < 1.29 is 14.3 Å². The maximum absolute atomic E-state index is 13.2. The second-order valence-electron chi connectivity index (χ2n) is 8.92. The number of ketones is 1. The Morgan fingerprint density at radius 1 is 1.21 bits per heavy atom. The lowest BCUT2D eigenvalue weighted by atomic mass is 10.0. The molecule has 0 aliphatic carbocycles. The average Bonchev–Trinajstić information content (AvgIpc) is 3.21. The van der Waals surface area contributed by atoms with E-state index in [0.29, 0.717) is 29.7 Å². The Hall–Kier alpha value is -2.65. The van der Waals surface area contributed by atoms with Gasteiger partial charge < -0.3 is 25.3 Å². The zero-order valence-electron chi connectivity index (χ0n) is 20.1. The first kappa shape index (κ1) is 23.5. The van der Waals surface area contributed by atoms with Crippen molar-refractivity contribution in [3.8, 4) is 5.88 Å². The SMILES string of the molecule is CCCOc1ncc(C(C)=O)cc1C1NC(=O)C2NN(C3CCN(CC)CC3)C(CC)=C2N1. The number of fused-ring (bicyclic) bond motifs is 1. The molecule has 3 aliphatic rings. The minimum absolute atomic E-state index is 0.0774. The van der Waals surface area contributed by atoms with Gasteiger partial charge in [-0.2, -0.15) is 0 Å². The lowest BCUT2D eigenvalue weighted by Crippen LogP contribution is -2.57. The number of amides is 1. The highest BCUT2D eigenvalue weighted by molar-refractivity contribution is 5.94. The minimum atomic E-state index is -0.521. The van der Waals surface area contributed by atoms with E-state index in [4.69, 9.17) is 4.74 Å². The summed E-state index contributed by atoms with van der Waals surface area (Å²) < 4.78 is 5.85. The second kappa shape index (κ2) is 10.1. The number of ether oxygens (including phenoxy) is 1. The van der Waals surface area contributed by atoms with Crippen molar-refractivity contribution in [1.82, 2.24) is 31.0 Å². The molecule has 3 N–H and O–H groups in total. The summed E-state index contributed by atoms with van der Waals surface area (Å²) in [6.45, 7) is 11.6. The Bertz CT molecular complexity index is 925. The van der Waals surface area contributed by atoms with Gasteiger partial charge in [-0.3, -0.25) is 9.59 Å². The van der Waals surface area contributed by atoms with Gasteiger partial charge in [-0.25, -0.2) is 10.4 Å². The fourth-order valence-electron chi connectivity index (χ4n) is 4.88. The van der Waals surface area contributed by atoms with Crippen LogP contribution in [0.3, 0.4) is 0 Å². The molecule has 33 heavy (non-hydrogen) atoms. The van der Waals surface area contributed by atoms with Crippen LogP contribution in [0.2, 0.25) is 0 Å². The van der Waals surface area contributed by atoms with Crippen molar-refractivity contribution >= 4 is 11.7 Å². The Labute approximate surface area is 195 Å². The topological polar surface area (TPSA) is 98.8 Å². The Morgan fingerprint density at radius 2 is 1.97 bits per heavy atom. The number of nitrogens with zero attached hydrogens (tertiary/aromatic N) is 3. The van der Waals surface area contributed by atoms with Gasteiger partial charge in [-0.05, 0) is 45.2 Å². The number of likely N-dealkylation sites (tertiary alicyclic amines) is 1. The van der Waals surface area contributed by atoms with Gasteiger partial charge in [0.05, 0.1) is 23.6 Å². The highest BCUT2D eigenvalue weighted by Gasteiger charge is 2.43. The standard InChI is InChI=1S/C24H36N6O3/c1-5-12-33-24-18(13-16(14-25-24)15(4)31)22-26-20-19(6-2)30(28-21(20)23(32)27-22)17-8-10-29(7-3)11-9-17/h13-14,17,21-22,26,28H,5-12H2,1-4H3,(H,27,32). The van der Waals surface area contributed by atoms with E-state index < -0.39 is 12.2 Å². The number of carbonyl (C=O) groups is 2. The van der Waals surface area contributed by atoms with Gasteiger partial charge >= 0.3 is 0 Å². The molecule has 1 aromatic heterocycles. The highest BCUT2D eigenvalue weighted by Crippen LogP contribution is 2.33. The van der Waals surface area contributed by atoms with Crippen LogP contribution in [0.25, 0.3) is 0 Å². The lowest BCUT2D eigenvalue weighted by Gasteiger charge is -2.38. The van der Waals surface area contributed by atoms with Gasteiger partial charge in [0.25, 0.3) is 0 Å². The van der Waals surface area contributed by atoms with Gasteiger partial charge in [0.15, 0.2) is 5.78 Å². The molecule has 0 aromatic carbocycles. The summed E-state index contributed by atoms with van der Waals surface area (Å²) in [5.41, 5.74) is 6.65. The van der Waals surface area contributed by atoms with E-state index in [1.165, 1.54) is 13.1 Å². The van der Waals surface area contributed by atoms with Crippen molar-refractivity contribution in [1.29, 1.82) is 0 Å². The predicted octanol–water partition coefficient (Wildman–Crippen LogP) is 2.09. The molecule has 3 aliphatic heterocycles. The number of hydrazine groups is 1. The Morgan fingerprint density at radius 3 is 2.61 bits per heavy atom. The van der Waals surface area contributed by atoms with Gasteiger partial charge in [0.1, 0.15) is 12.2 Å². The van der Waals surface area contributed by atoms with E-state index in [0.717, 1.165) is 56.7 Å². The third kappa shape index (κ3) is 4.70. The first-order chi connectivity index (χ1) is 16.0. The number of pyridine rings is 1. The normalized spacial score (nSPS) is 23.9. The summed E-state index contributed by atoms with van der Waals surface area (Å²) >= 11 is 0. The van der Waals surface area contributed by atoms with Crippen LogP contribution in [0.1, 0.15) is 75.5 Å².